The Hall–Kier alpha value is -2.98. The molecule has 0 bridgehead atoms. The van der Waals surface area contributed by atoms with E-state index in [0.29, 0.717) is 5.56 Å². The molecule has 1 heterocycles. The summed E-state index contributed by atoms with van der Waals surface area (Å²) in [5.41, 5.74) is 2.47. The standard InChI is InChI=1S/C26H21BrN2O4S2/c27-21-12-8-18(9-13-21)19-10-14-23(15-11-19)35(32,33)29-24(26(30)31)25(20-5-2-1-3-6-20)34-22-7-4-16-28-17-22/h1-17,24-25,29H,(H,30,31)/t24-,25-/m1/s1. The maximum atomic E-state index is 13.2. The maximum absolute atomic E-state index is 13.2. The first kappa shape index (κ1) is 25.1. The fourth-order valence-electron chi connectivity index (χ4n) is 3.48. The molecule has 0 saturated heterocycles. The summed E-state index contributed by atoms with van der Waals surface area (Å²) in [4.78, 5) is 17.1. The van der Waals surface area contributed by atoms with Gasteiger partial charge in [-0.3, -0.25) is 9.78 Å². The number of carboxylic acid groups (broad SMARTS) is 1. The first-order valence-electron chi connectivity index (χ1n) is 10.6. The Morgan fingerprint density at radius 3 is 2.09 bits per heavy atom. The lowest BCUT2D eigenvalue weighted by Gasteiger charge is -2.25. The molecule has 4 rings (SSSR count). The van der Waals surface area contributed by atoms with E-state index in [4.69, 9.17) is 0 Å². The number of aromatic nitrogens is 1. The molecule has 6 nitrogen and oxygen atoms in total. The minimum atomic E-state index is -4.12. The van der Waals surface area contributed by atoms with E-state index in [1.165, 1.54) is 23.9 Å². The van der Waals surface area contributed by atoms with Gasteiger partial charge in [-0.1, -0.05) is 70.5 Å². The number of sulfonamides is 1. The average molecular weight is 570 g/mol. The number of rotatable bonds is 9. The summed E-state index contributed by atoms with van der Waals surface area (Å²) in [5.74, 6) is -1.27. The van der Waals surface area contributed by atoms with Crippen LogP contribution in [0.5, 0.6) is 0 Å². The zero-order valence-corrected chi connectivity index (χ0v) is 21.5. The second-order valence-corrected chi connectivity index (χ2v) is 11.5. The van der Waals surface area contributed by atoms with Crippen molar-refractivity contribution in [1.29, 1.82) is 0 Å². The zero-order chi connectivity index (χ0) is 24.8. The van der Waals surface area contributed by atoms with Crippen LogP contribution in [0.2, 0.25) is 0 Å². The molecule has 2 N–H and O–H groups in total. The third-order valence-electron chi connectivity index (χ3n) is 5.22. The lowest BCUT2D eigenvalue weighted by atomic mass is 10.1. The third-order valence-corrected chi connectivity index (χ3v) is 8.52. The summed E-state index contributed by atoms with van der Waals surface area (Å²) in [6.45, 7) is 0. The Bertz CT molecular complexity index is 1380. The van der Waals surface area contributed by atoms with Crippen molar-refractivity contribution in [2.24, 2.45) is 0 Å². The second kappa shape index (κ2) is 11.2. The van der Waals surface area contributed by atoms with Gasteiger partial charge in [0.2, 0.25) is 10.0 Å². The number of nitrogens with zero attached hydrogens (tertiary/aromatic N) is 1. The molecule has 0 aliphatic rings. The van der Waals surface area contributed by atoms with Gasteiger partial charge in [-0.25, -0.2) is 8.42 Å². The van der Waals surface area contributed by atoms with E-state index in [1.807, 2.05) is 36.4 Å². The lowest BCUT2D eigenvalue weighted by Crippen LogP contribution is -2.44. The topological polar surface area (TPSA) is 96.4 Å². The number of nitrogens with one attached hydrogen (secondary N) is 1. The zero-order valence-electron chi connectivity index (χ0n) is 18.3. The molecule has 3 aromatic carbocycles. The van der Waals surface area contributed by atoms with Crippen LogP contribution in [0.4, 0.5) is 0 Å². The highest BCUT2D eigenvalue weighted by molar-refractivity contribution is 9.10. The van der Waals surface area contributed by atoms with Crippen molar-refractivity contribution in [3.8, 4) is 11.1 Å². The molecule has 0 fully saturated rings. The fourth-order valence-corrected chi connectivity index (χ4v) is 6.22. The Morgan fingerprint density at radius 1 is 0.886 bits per heavy atom. The van der Waals surface area contributed by atoms with E-state index in [0.717, 1.165) is 20.5 Å². The largest absolute Gasteiger partial charge is 0.480 e. The van der Waals surface area contributed by atoms with Gasteiger partial charge in [0.25, 0.3) is 0 Å². The van der Waals surface area contributed by atoms with Crippen LogP contribution in [0.3, 0.4) is 0 Å². The first-order valence-corrected chi connectivity index (χ1v) is 13.7. The van der Waals surface area contributed by atoms with Crippen LogP contribution in [-0.4, -0.2) is 30.5 Å². The van der Waals surface area contributed by atoms with Crippen molar-refractivity contribution in [1.82, 2.24) is 9.71 Å². The number of thioether (sulfide) groups is 1. The molecule has 9 heteroatoms. The maximum Gasteiger partial charge on any atom is 0.323 e. The van der Waals surface area contributed by atoms with Crippen LogP contribution in [0.1, 0.15) is 10.8 Å². The highest BCUT2D eigenvalue weighted by Crippen LogP contribution is 2.38. The molecule has 2 atom stereocenters. The quantitative estimate of drug-likeness (QED) is 0.248. The first-order chi connectivity index (χ1) is 16.8. The highest BCUT2D eigenvalue weighted by atomic mass is 79.9. The normalized spacial score (nSPS) is 13.2. The van der Waals surface area contributed by atoms with Crippen LogP contribution in [-0.2, 0) is 14.8 Å². The van der Waals surface area contributed by atoms with Gasteiger partial charge in [0, 0.05) is 21.8 Å². The van der Waals surface area contributed by atoms with Gasteiger partial charge in [-0.2, -0.15) is 4.72 Å². The number of carboxylic acids is 1. The van der Waals surface area contributed by atoms with Crippen molar-refractivity contribution in [2.45, 2.75) is 21.1 Å². The molecule has 178 valence electrons. The number of benzene rings is 3. The SMILES string of the molecule is O=C(O)[C@H](NS(=O)(=O)c1ccc(-c2ccc(Br)cc2)cc1)[C@H](Sc1cccnc1)c1ccccc1. The minimum absolute atomic E-state index is 0.0113. The Kier molecular flexibility index (Phi) is 8.02. The number of hydrogen-bond acceptors (Lipinski definition) is 5. The van der Waals surface area contributed by atoms with Gasteiger partial charge in [-0.15, -0.1) is 11.8 Å². The molecular formula is C26H21BrN2O4S2. The van der Waals surface area contributed by atoms with Crippen LogP contribution >= 0.6 is 27.7 Å². The summed E-state index contributed by atoms with van der Waals surface area (Å²) in [5, 5.41) is 9.32. The fraction of sp³-hybridized carbons (Fsp3) is 0.0769. The van der Waals surface area contributed by atoms with Gasteiger partial charge in [0.05, 0.1) is 10.1 Å². The number of halogens is 1. The van der Waals surface area contributed by atoms with Crippen molar-refractivity contribution < 1.29 is 18.3 Å². The van der Waals surface area contributed by atoms with Crippen molar-refractivity contribution in [2.75, 3.05) is 0 Å². The summed E-state index contributed by atoms with van der Waals surface area (Å²) < 4.78 is 29.8. The highest BCUT2D eigenvalue weighted by Gasteiger charge is 2.34. The molecule has 35 heavy (non-hydrogen) atoms. The Labute approximate surface area is 216 Å². The van der Waals surface area contributed by atoms with E-state index >= 15 is 0 Å². The van der Waals surface area contributed by atoms with E-state index in [-0.39, 0.29) is 4.90 Å². The van der Waals surface area contributed by atoms with E-state index < -0.39 is 27.3 Å². The third kappa shape index (κ3) is 6.37. The number of carbonyl (C=O) groups is 1. The second-order valence-electron chi connectivity index (χ2n) is 7.61. The number of hydrogen-bond donors (Lipinski definition) is 2. The van der Waals surface area contributed by atoms with Gasteiger partial charge >= 0.3 is 5.97 Å². The molecular weight excluding hydrogens is 548 g/mol. The minimum Gasteiger partial charge on any atom is -0.480 e. The van der Waals surface area contributed by atoms with Crippen LogP contribution < -0.4 is 4.72 Å². The van der Waals surface area contributed by atoms with E-state index in [9.17, 15) is 18.3 Å². The molecule has 0 saturated carbocycles. The number of pyridine rings is 1. The van der Waals surface area contributed by atoms with Gasteiger partial charge in [-0.05, 0) is 53.1 Å². The molecule has 0 amide bonds. The van der Waals surface area contributed by atoms with Crippen molar-refractivity contribution in [3.63, 3.8) is 0 Å². The van der Waals surface area contributed by atoms with Crippen LogP contribution in [0.25, 0.3) is 11.1 Å². The summed E-state index contributed by atoms with van der Waals surface area (Å²) in [6.07, 6.45) is 3.24. The van der Waals surface area contributed by atoms with Crippen molar-refractivity contribution >= 4 is 43.7 Å². The van der Waals surface area contributed by atoms with Crippen molar-refractivity contribution in [3.05, 3.63) is 113 Å². The van der Waals surface area contributed by atoms with Gasteiger partial charge in [0.15, 0.2) is 0 Å². The summed E-state index contributed by atoms with van der Waals surface area (Å²) in [6, 6.07) is 25.1. The summed E-state index contributed by atoms with van der Waals surface area (Å²) >= 11 is 4.64. The molecule has 0 radical (unpaired) electrons. The predicted octanol–water partition coefficient (Wildman–Crippen LogP) is 5.78. The van der Waals surface area contributed by atoms with E-state index in [2.05, 4.69) is 25.6 Å². The smallest absolute Gasteiger partial charge is 0.323 e. The molecule has 0 unspecified atom stereocenters. The Balaban J connectivity index is 1.63. The van der Waals surface area contributed by atoms with E-state index in [1.54, 1.807) is 54.9 Å². The number of aliphatic carboxylic acids is 1. The van der Waals surface area contributed by atoms with Gasteiger partial charge < -0.3 is 5.11 Å². The molecule has 0 aliphatic carbocycles. The van der Waals surface area contributed by atoms with Crippen LogP contribution in [0.15, 0.2) is 118 Å². The predicted molar refractivity (Wildman–Crippen MR) is 141 cm³/mol. The van der Waals surface area contributed by atoms with Gasteiger partial charge in [0.1, 0.15) is 6.04 Å². The lowest BCUT2D eigenvalue weighted by molar-refractivity contribution is -0.139. The molecule has 0 aliphatic heterocycles. The average Bonchev–Trinajstić information content (AvgIpc) is 2.88. The monoisotopic (exact) mass is 568 g/mol. The van der Waals surface area contributed by atoms with Crippen LogP contribution in [0, 0.1) is 0 Å². The molecule has 0 spiro atoms. The molecule has 4 aromatic rings. The molecule has 1 aromatic heterocycles. The summed E-state index contributed by atoms with van der Waals surface area (Å²) in [7, 11) is -4.12. The Morgan fingerprint density at radius 2 is 1.51 bits per heavy atom.